The van der Waals surface area contributed by atoms with Crippen molar-refractivity contribution in [3.63, 3.8) is 0 Å². The number of nitrogens with one attached hydrogen (secondary N) is 2. The van der Waals surface area contributed by atoms with Crippen molar-refractivity contribution in [2.75, 3.05) is 26.0 Å². The second-order valence-corrected chi connectivity index (χ2v) is 6.24. The standard InChI is InChI=1S/C19H23N3O.2ClH/c1-22(2)13-17-6-4-3-5-16(17)12-21-19(23)15-7-8-18-14(11-15)9-10-20-18;;/h3-8,11,20H,9-10,12-13H2,1-2H3,(H,21,23);2*1H. The third-order valence-electron chi connectivity index (χ3n) is 4.12. The Kier molecular flexibility index (Phi) is 8.23. The van der Waals surface area contributed by atoms with Gasteiger partial charge in [0, 0.05) is 30.9 Å². The number of carbonyl (C=O) groups excluding carboxylic acids is 1. The van der Waals surface area contributed by atoms with E-state index in [2.05, 4.69) is 27.7 Å². The van der Waals surface area contributed by atoms with Crippen LogP contribution >= 0.6 is 24.8 Å². The summed E-state index contributed by atoms with van der Waals surface area (Å²) in [6.45, 7) is 2.38. The van der Waals surface area contributed by atoms with Crippen LogP contribution in [-0.2, 0) is 19.5 Å². The van der Waals surface area contributed by atoms with Gasteiger partial charge in [0.05, 0.1) is 0 Å². The molecule has 3 rings (SSSR count). The predicted molar refractivity (Wildman–Crippen MR) is 108 cm³/mol. The van der Waals surface area contributed by atoms with E-state index in [-0.39, 0.29) is 30.7 Å². The fourth-order valence-electron chi connectivity index (χ4n) is 2.95. The number of benzene rings is 2. The number of hydrogen-bond donors (Lipinski definition) is 2. The van der Waals surface area contributed by atoms with E-state index in [1.165, 1.54) is 11.1 Å². The molecule has 0 aromatic heterocycles. The Morgan fingerprint density at radius 1 is 1.12 bits per heavy atom. The molecule has 2 N–H and O–H groups in total. The maximum Gasteiger partial charge on any atom is 0.251 e. The van der Waals surface area contributed by atoms with Crippen LogP contribution in [0.1, 0.15) is 27.0 Å². The first-order valence-corrected chi connectivity index (χ1v) is 8.00. The molecule has 0 radical (unpaired) electrons. The molecule has 4 nitrogen and oxygen atoms in total. The van der Waals surface area contributed by atoms with Crippen molar-refractivity contribution in [2.45, 2.75) is 19.5 Å². The molecule has 2 aromatic carbocycles. The molecule has 2 aromatic rings. The summed E-state index contributed by atoms with van der Waals surface area (Å²) in [5.74, 6) is -0.0145. The van der Waals surface area contributed by atoms with Crippen molar-refractivity contribution in [3.05, 3.63) is 64.7 Å². The smallest absolute Gasteiger partial charge is 0.251 e. The molecule has 0 aliphatic carbocycles. The quantitative estimate of drug-likeness (QED) is 0.832. The lowest BCUT2D eigenvalue weighted by atomic mass is 10.1. The van der Waals surface area contributed by atoms with Crippen LogP contribution in [0.15, 0.2) is 42.5 Å². The highest BCUT2D eigenvalue weighted by molar-refractivity contribution is 5.95. The van der Waals surface area contributed by atoms with Gasteiger partial charge in [0.25, 0.3) is 5.91 Å². The van der Waals surface area contributed by atoms with E-state index in [9.17, 15) is 4.79 Å². The minimum atomic E-state index is -0.0145. The van der Waals surface area contributed by atoms with E-state index >= 15 is 0 Å². The summed E-state index contributed by atoms with van der Waals surface area (Å²) in [6, 6.07) is 14.1. The van der Waals surface area contributed by atoms with Gasteiger partial charge in [0.15, 0.2) is 0 Å². The Morgan fingerprint density at radius 3 is 2.56 bits per heavy atom. The fourth-order valence-corrected chi connectivity index (χ4v) is 2.95. The van der Waals surface area contributed by atoms with Crippen molar-refractivity contribution >= 4 is 36.4 Å². The summed E-state index contributed by atoms with van der Waals surface area (Å²) < 4.78 is 0. The highest BCUT2D eigenvalue weighted by Gasteiger charge is 2.13. The lowest BCUT2D eigenvalue weighted by Gasteiger charge is -2.15. The first-order chi connectivity index (χ1) is 11.1. The van der Waals surface area contributed by atoms with Crippen molar-refractivity contribution in [1.29, 1.82) is 0 Å². The van der Waals surface area contributed by atoms with Crippen LogP contribution in [0.4, 0.5) is 5.69 Å². The molecule has 25 heavy (non-hydrogen) atoms. The van der Waals surface area contributed by atoms with Gasteiger partial charge in [-0.05, 0) is 55.4 Å². The average Bonchev–Trinajstić information content (AvgIpc) is 3.00. The van der Waals surface area contributed by atoms with Crippen LogP contribution in [0.3, 0.4) is 0 Å². The third kappa shape index (κ3) is 5.36. The molecule has 136 valence electrons. The largest absolute Gasteiger partial charge is 0.384 e. The molecule has 0 saturated carbocycles. The molecule has 0 atom stereocenters. The van der Waals surface area contributed by atoms with Crippen molar-refractivity contribution in [1.82, 2.24) is 10.2 Å². The molecule has 0 bridgehead atoms. The Balaban J connectivity index is 0.00000156. The zero-order chi connectivity index (χ0) is 16.2. The van der Waals surface area contributed by atoms with E-state index in [1.807, 2.05) is 44.4 Å². The summed E-state index contributed by atoms with van der Waals surface area (Å²) in [4.78, 5) is 14.5. The monoisotopic (exact) mass is 381 g/mol. The van der Waals surface area contributed by atoms with E-state index in [1.54, 1.807) is 0 Å². The molecule has 0 fully saturated rings. The van der Waals surface area contributed by atoms with Gasteiger partial charge in [-0.2, -0.15) is 0 Å². The van der Waals surface area contributed by atoms with E-state index < -0.39 is 0 Å². The number of halogens is 2. The highest BCUT2D eigenvalue weighted by Crippen LogP contribution is 2.23. The van der Waals surface area contributed by atoms with Gasteiger partial charge in [-0.15, -0.1) is 24.8 Å². The van der Waals surface area contributed by atoms with Crippen LogP contribution in [0, 0.1) is 0 Å². The zero-order valence-electron chi connectivity index (χ0n) is 14.5. The number of anilines is 1. The summed E-state index contributed by atoms with van der Waals surface area (Å²) in [5, 5.41) is 6.36. The molecule has 1 aliphatic rings. The average molecular weight is 382 g/mol. The Labute approximate surface area is 161 Å². The molecule has 0 spiro atoms. The minimum absolute atomic E-state index is 0. The van der Waals surface area contributed by atoms with E-state index in [0.717, 1.165) is 36.3 Å². The van der Waals surface area contributed by atoms with Gasteiger partial charge in [-0.3, -0.25) is 4.79 Å². The number of nitrogens with zero attached hydrogens (tertiary/aromatic N) is 1. The van der Waals surface area contributed by atoms with Crippen LogP contribution in [0.2, 0.25) is 0 Å². The summed E-state index contributed by atoms with van der Waals surface area (Å²) in [5.41, 5.74) is 5.52. The molecule has 1 heterocycles. The Bertz CT molecular complexity index is 720. The summed E-state index contributed by atoms with van der Waals surface area (Å²) in [6.07, 6.45) is 0.988. The molecule has 0 saturated heterocycles. The van der Waals surface area contributed by atoms with E-state index in [4.69, 9.17) is 0 Å². The van der Waals surface area contributed by atoms with Crippen molar-refractivity contribution in [3.8, 4) is 0 Å². The second-order valence-electron chi connectivity index (χ2n) is 6.24. The lowest BCUT2D eigenvalue weighted by Crippen LogP contribution is -2.24. The predicted octanol–water partition coefficient (Wildman–Crippen LogP) is 3.49. The maximum absolute atomic E-state index is 12.4. The second kappa shape index (κ2) is 9.66. The number of rotatable bonds is 5. The van der Waals surface area contributed by atoms with E-state index in [0.29, 0.717) is 6.54 Å². The number of carbonyl (C=O) groups is 1. The topological polar surface area (TPSA) is 44.4 Å². The van der Waals surface area contributed by atoms with Crippen LogP contribution < -0.4 is 10.6 Å². The number of fused-ring (bicyclic) bond motifs is 1. The fraction of sp³-hybridized carbons (Fsp3) is 0.316. The van der Waals surface area contributed by atoms with Gasteiger partial charge in [-0.1, -0.05) is 24.3 Å². The van der Waals surface area contributed by atoms with Crippen LogP contribution in [-0.4, -0.2) is 31.4 Å². The first kappa shape index (κ1) is 21.3. The van der Waals surface area contributed by atoms with Gasteiger partial charge >= 0.3 is 0 Å². The molecule has 6 heteroatoms. The van der Waals surface area contributed by atoms with Crippen molar-refractivity contribution < 1.29 is 4.79 Å². The van der Waals surface area contributed by atoms with Gasteiger partial charge in [0.1, 0.15) is 0 Å². The molecular weight excluding hydrogens is 357 g/mol. The highest BCUT2D eigenvalue weighted by atomic mass is 35.5. The Morgan fingerprint density at radius 2 is 1.84 bits per heavy atom. The molecule has 0 unspecified atom stereocenters. The third-order valence-corrected chi connectivity index (χ3v) is 4.12. The zero-order valence-corrected chi connectivity index (χ0v) is 16.2. The molecule has 1 aliphatic heterocycles. The first-order valence-electron chi connectivity index (χ1n) is 8.00. The van der Waals surface area contributed by atoms with Gasteiger partial charge in [0.2, 0.25) is 0 Å². The molecular formula is C19H25Cl2N3O. The number of amides is 1. The maximum atomic E-state index is 12.4. The number of hydrogen-bond acceptors (Lipinski definition) is 3. The van der Waals surface area contributed by atoms with Crippen LogP contribution in [0.25, 0.3) is 0 Å². The minimum Gasteiger partial charge on any atom is -0.384 e. The lowest BCUT2D eigenvalue weighted by molar-refractivity contribution is 0.0950. The van der Waals surface area contributed by atoms with Crippen molar-refractivity contribution in [2.24, 2.45) is 0 Å². The summed E-state index contributed by atoms with van der Waals surface area (Å²) >= 11 is 0. The normalized spacial score (nSPS) is 11.8. The van der Waals surface area contributed by atoms with Gasteiger partial charge < -0.3 is 15.5 Å². The Hall–Kier alpha value is -1.75. The van der Waals surface area contributed by atoms with Gasteiger partial charge in [-0.25, -0.2) is 0 Å². The molecule has 1 amide bonds. The SMILES string of the molecule is CN(C)Cc1ccccc1CNC(=O)c1ccc2c(c1)CCN2.Cl.Cl. The summed E-state index contributed by atoms with van der Waals surface area (Å²) in [7, 11) is 4.10. The van der Waals surface area contributed by atoms with Crippen LogP contribution in [0.5, 0.6) is 0 Å².